The minimum absolute atomic E-state index is 0.0474. The van der Waals surface area contributed by atoms with E-state index in [1.54, 1.807) is 22.7 Å². The molecule has 1 unspecified atom stereocenters. The van der Waals surface area contributed by atoms with Gasteiger partial charge in [-0.2, -0.15) is 0 Å². The highest BCUT2D eigenvalue weighted by Crippen LogP contribution is 2.30. The molecule has 1 saturated heterocycles. The van der Waals surface area contributed by atoms with E-state index in [1.807, 2.05) is 18.2 Å². The molecular formula is C11H13ClN2OS. The molecule has 0 radical (unpaired) electrons. The minimum Gasteiger partial charge on any atom is -0.328 e. The molecule has 1 heterocycles. The molecule has 86 valence electrons. The molecule has 1 aromatic carbocycles. The Balaban J connectivity index is 2.36. The van der Waals surface area contributed by atoms with E-state index in [9.17, 15) is 4.79 Å². The molecule has 16 heavy (non-hydrogen) atoms. The Kier molecular flexibility index (Phi) is 3.74. The lowest BCUT2D eigenvalue weighted by molar-refractivity contribution is -0.116. The van der Waals surface area contributed by atoms with Gasteiger partial charge in [0, 0.05) is 12.3 Å². The lowest BCUT2D eigenvalue weighted by Crippen LogP contribution is -2.50. The van der Waals surface area contributed by atoms with Crippen molar-refractivity contribution in [1.82, 2.24) is 0 Å². The van der Waals surface area contributed by atoms with E-state index < -0.39 is 0 Å². The Bertz CT molecular complexity index is 399. The maximum Gasteiger partial charge on any atom is 0.237 e. The van der Waals surface area contributed by atoms with Gasteiger partial charge in [-0.3, -0.25) is 4.79 Å². The Morgan fingerprint density at radius 3 is 2.94 bits per heavy atom. The van der Waals surface area contributed by atoms with Crippen LogP contribution in [0.2, 0.25) is 5.02 Å². The first-order valence-electron chi connectivity index (χ1n) is 5.08. The summed E-state index contributed by atoms with van der Waals surface area (Å²) in [6.45, 7) is 0.462. The number of benzene rings is 1. The van der Waals surface area contributed by atoms with E-state index in [0.29, 0.717) is 17.3 Å². The smallest absolute Gasteiger partial charge is 0.237 e. The van der Waals surface area contributed by atoms with Crippen LogP contribution in [0.5, 0.6) is 0 Å². The molecule has 1 atom stereocenters. The lowest BCUT2D eigenvalue weighted by Gasteiger charge is -2.35. The Morgan fingerprint density at radius 2 is 2.25 bits per heavy atom. The van der Waals surface area contributed by atoms with Gasteiger partial charge in [0.2, 0.25) is 5.91 Å². The molecule has 1 aliphatic rings. The summed E-state index contributed by atoms with van der Waals surface area (Å²) in [6.07, 6.45) is 0. The topological polar surface area (TPSA) is 46.3 Å². The molecule has 3 nitrogen and oxygen atoms in total. The predicted molar refractivity (Wildman–Crippen MR) is 69.1 cm³/mol. The van der Waals surface area contributed by atoms with Crippen LogP contribution in [0, 0.1) is 0 Å². The first kappa shape index (κ1) is 11.8. The maximum atomic E-state index is 11.9. The van der Waals surface area contributed by atoms with E-state index in [1.165, 1.54) is 0 Å². The third kappa shape index (κ3) is 2.19. The number of carbonyl (C=O) groups is 1. The number of halogens is 1. The summed E-state index contributed by atoms with van der Waals surface area (Å²) in [6, 6.07) is 7.43. The fourth-order valence-electron chi connectivity index (χ4n) is 1.78. The van der Waals surface area contributed by atoms with Crippen LogP contribution in [-0.2, 0) is 4.79 Å². The summed E-state index contributed by atoms with van der Waals surface area (Å²) in [4.78, 5) is 13.6. The molecule has 0 saturated carbocycles. The van der Waals surface area contributed by atoms with Gasteiger partial charge in [-0.05, 0) is 12.1 Å². The van der Waals surface area contributed by atoms with Crippen LogP contribution in [0.1, 0.15) is 0 Å². The normalized spacial score (nSPS) is 21.2. The highest BCUT2D eigenvalue weighted by Gasteiger charge is 2.29. The first-order valence-corrected chi connectivity index (χ1v) is 6.61. The van der Waals surface area contributed by atoms with Crippen LogP contribution in [0.4, 0.5) is 5.69 Å². The third-order valence-corrected chi connectivity index (χ3v) is 3.94. The Hall–Kier alpha value is -0.710. The van der Waals surface area contributed by atoms with E-state index >= 15 is 0 Å². The molecule has 1 fully saturated rings. The van der Waals surface area contributed by atoms with E-state index in [4.69, 9.17) is 17.3 Å². The number of hydrogen-bond donors (Lipinski definition) is 1. The number of para-hydroxylation sites is 1. The second kappa shape index (κ2) is 5.08. The van der Waals surface area contributed by atoms with Crippen molar-refractivity contribution in [3.63, 3.8) is 0 Å². The van der Waals surface area contributed by atoms with Gasteiger partial charge < -0.3 is 10.6 Å². The zero-order chi connectivity index (χ0) is 11.5. The molecule has 1 amide bonds. The quantitative estimate of drug-likeness (QED) is 0.877. The fraction of sp³-hybridized carbons (Fsp3) is 0.364. The second-order valence-corrected chi connectivity index (χ2v) is 5.06. The molecule has 2 N–H and O–H groups in total. The second-order valence-electron chi connectivity index (χ2n) is 3.62. The molecule has 2 rings (SSSR count). The number of nitrogens with zero attached hydrogens (tertiary/aromatic N) is 1. The average Bonchev–Trinajstić information content (AvgIpc) is 2.30. The molecular weight excluding hydrogens is 244 g/mol. The van der Waals surface area contributed by atoms with Crippen LogP contribution >= 0.6 is 23.4 Å². The van der Waals surface area contributed by atoms with Crippen molar-refractivity contribution in [1.29, 1.82) is 0 Å². The molecule has 0 aromatic heterocycles. The van der Waals surface area contributed by atoms with Crippen LogP contribution < -0.4 is 10.6 Å². The first-order chi connectivity index (χ1) is 7.74. The van der Waals surface area contributed by atoms with Crippen LogP contribution in [0.3, 0.4) is 0 Å². The third-order valence-electron chi connectivity index (χ3n) is 2.55. The Labute approximate surface area is 104 Å². The standard InChI is InChI=1S/C11H13ClN2OS/c12-9-3-1-2-4-10(9)14-8(5-13)6-16-7-11(14)15/h1-4,8H,5-7,13H2. The zero-order valence-corrected chi connectivity index (χ0v) is 10.3. The van der Waals surface area contributed by atoms with Gasteiger partial charge in [0.1, 0.15) is 0 Å². The van der Waals surface area contributed by atoms with Gasteiger partial charge in [-0.1, -0.05) is 23.7 Å². The lowest BCUT2D eigenvalue weighted by atomic mass is 10.2. The highest BCUT2D eigenvalue weighted by molar-refractivity contribution is 8.00. The predicted octanol–water partition coefficient (Wildman–Crippen LogP) is 1.75. The largest absolute Gasteiger partial charge is 0.328 e. The van der Waals surface area contributed by atoms with Crippen LogP contribution in [0.15, 0.2) is 24.3 Å². The summed E-state index contributed by atoms with van der Waals surface area (Å²) in [5.74, 6) is 1.45. The van der Waals surface area contributed by atoms with Crippen molar-refractivity contribution in [3.8, 4) is 0 Å². The maximum absolute atomic E-state index is 11.9. The molecule has 0 spiro atoms. The summed E-state index contributed by atoms with van der Waals surface area (Å²) in [5, 5.41) is 0.598. The van der Waals surface area contributed by atoms with Crippen molar-refractivity contribution >= 4 is 35.0 Å². The van der Waals surface area contributed by atoms with E-state index in [2.05, 4.69) is 0 Å². The van der Waals surface area contributed by atoms with Gasteiger partial charge in [0.15, 0.2) is 0 Å². The SMILES string of the molecule is NCC1CSCC(=O)N1c1ccccc1Cl. The number of rotatable bonds is 2. The molecule has 0 bridgehead atoms. The number of amides is 1. The van der Waals surface area contributed by atoms with Crippen molar-refractivity contribution in [2.75, 3.05) is 23.0 Å². The van der Waals surface area contributed by atoms with Gasteiger partial charge in [0.25, 0.3) is 0 Å². The van der Waals surface area contributed by atoms with Crippen LogP contribution in [-0.4, -0.2) is 30.0 Å². The fourth-order valence-corrected chi connectivity index (χ4v) is 3.00. The van der Waals surface area contributed by atoms with Gasteiger partial charge in [-0.15, -0.1) is 11.8 Å². The van der Waals surface area contributed by atoms with Crippen molar-refractivity contribution in [2.24, 2.45) is 5.73 Å². The summed E-state index contributed by atoms with van der Waals surface area (Å²) >= 11 is 7.73. The summed E-state index contributed by atoms with van der Waals surface area (Å²) < 4.78 is 0. The van der Waals surface area contributed by atoms with Gasteiger partial charge in [-0.25, -0.2) is 0 Å². The average molecular weight is 257 g/mol. The number of nitrogens with two attached hydrogens (primary N) is 1. The number of thioether (sulfide) groups is 1. The van der Waals surface area contributed by atoms with Gasteiger partial charge >= 0.3 is 0 Å². The molecule has 1 aromatic rings. The molecule has 0 aliphatic carbocycles. The highest BCUT2D eigenvalue weighted by atomic mass is 35.5. The number of anilines is 1. The molecule has 1 aliphatic heterocycles. The summed E-state index contributed by atoms with van der Waals surface area (Å²) in [5.41, 5.74) is 6.46. The van der Waals surface area contributed by atoms with Crippen molar-refractivity contribution < 1.29 is 4.79 Å². The number of carbonyl (C=O) groups excluding carboxylic acids is 1. The monoisotopic (exact) mass is 256 g/mol. The van der Waals surface area contributed by atoms with Crippen LogP contribution in [0.25, 0.3) is 0 Å². The minimum atomic E-state index is 0.0474. The molecule has 5 heteroatoms. The van der Waals surface area contributed by atoms with E-state index in [-0.39, 0.29) is 11.9 Å². The van der Waals surface area contributed by atoms with Crippen molar-refractivity contribution in [3.05, 3.63) is 29.3 Å². The van der Waals surface area contributed by atoms with E-state index in [0.717, 1.165) is 11.4 Å². The summed E-state index contributed by atoms with van der Waals surface area (Å²) in [7, 11) is 0. The van der Waals surface area contributed by atoms with Gasteiger partial charge in [0.05, 0.1) is 22.5 Å². The van der Waals surface area contributed by atoms with Crippen molar-refractivity contribution in [2.45, 2.75) is 6.04 Å². The zero-order valence-electron chi connectivity index (χ0n) is 8.73. The Morgan fingerprint density at radius 1 is 1.50 bits per heavy atom. The number of hydrogen-bond acceptors (Lipinski definition) is 3.